The molecule has 4 amide bonds. The number of nitrogens with one attached hydrogen (secondary N) is 2. The number of anilines is 1. The molecule has 29 heavy (non-hydrogen) atoms. The fourth-order valence-electron chi connectivity index (χ4n) is 3.55. The zero-order valence-corrected chi connectivity index (χ0v) is 15.5. The normalized spacial score (nSPS) is 18.4. The number of nitrogen functional groups attached to an aromatic ring is 1. The summed E-state index contributed by atoms with van der Waals surface area (Å²) in [4.78, 5) is 53.8. The van der Waals surface area contributed by atoms with Crippen molar-refractivity contribution >= 4 is 29.3 Å². The van der Waals surface area contributed by atoms with Crippen molar-refractivity contribution < 1.29 is 19.2 Å². The Balaban J connectivity index is 1.43. The summed E-state index contributed by atoms with van der Waals surface area (Å²) in [5, 5.41) is 5.06. The minimum absolute atomic E-state index is 0.215. The molecule has 0 saturated carbocycles. The zero-order valence-electron chi connectivity index (χ0n) is 15.5. The molecule has 1 saturated heterocycles. The number of carbonyl (C=O) groups is 4. The molecule has 2 aromatic rings. The number of rotatable bonds is 4. The van der Waals surface area contributed by atoms with Crippen molar-refractivity contribution in [2.24, 2.45) is 0 Å². The number of benzene rings is 1. The number of hydrogen-bond acceptors (Lipinski definition) is 6. The van der Waals surface area contributed by atoms with E-state index in [0.29, 0.717) is 24.2 Å². The first-order valence-corrected chi connectivity index (χ1v) is 9.18. The van der Waals surface area contributed by atoms with Gasteiger partial charge in [0, 0.05) is 25.1 Å². The number of aromatic nitrogens is 1. The van der Waals surface area contributed by atoms with E-state index < -0.39 is 11.9 Å². The lowest BCUT2D eigenvalue weighted by Gasteiger charge is -2.29. The zero-order chi connectivity index (χ0) is 20.5. The van der Waals surface area contributed by atoms with Gasteiger partial charge in [-0.1, -0.05) is 12.1 Å². The van der Waals surface area contributed by atoms with Gasteiger partial charge in [0.15, 0.2) is 0 Å². The molecular formula is C20H19N5O4. The van der Waals surface area contributed by atoms with Crippen molar-refractivity contribution in [3.05, 3.63) is 58.9 Å². The molecule has 0 radical (unpaired) electrons. The molecule has 1 atom stereocenters. The second kappa shape index (κ2) is 7.34. The lowest BCUT2D eigenvalue weighted by molar-refractivity contribution is -0.136. The van der Waals surface area contributed by atoms with Crippen LogP contribution in [0.15, 0.2) is 36.5 Å². The number of pyridine rings is 1. The summed E-state index contributed by atoms with van der Waals surface area (Å²) in [6, 6.07) is 7.81. The standard InChI is InChI=1S/C20H19N5O4/c21-13-2-4-15(22-9-13)18(27)23-8-11-1-3-14-12(7-11)10-25(20(14)29)16-5-6-17(26)24-19(16)28/h1-4,7,9,16H,5-6,8,10,21H2,(H,23,27)(H,24,26,28). The highest BCUT2D eigenvalue weighted by Gasteiger charge is 2.39. The van der Waals surface area contributed by atoms with Crippen LogP contribution in [0, 0.1) is 0 Å². The van der Waals surface area contributed by atoms with Gasteiger partial charge in [-0.05, 0) is 35.7 Å². The Hall–Kier alpha value is -3.75. The Morgan fingerprint density at radius 3 is 2.79 bits per heavy atom. The van der Waals surface area contributed by atoms with Crippen molar-refractivity contribution in [1.82, 2.24) is 20.5 Å². The summed E-state index contributed by atoms with van der Waals surface area (Å²) in [5.74, 6) is -1.31. The van der Waals surface area contributed by atoms with Gasteiger partial charge in [0.25, 0.3) is 11.8 Å². The van der Waals surface area contributed by atoms with Crippen LogP contribution in [0.1, 0.15) is 44.8 Å². The average molecular weight is 393 g/mol. The van der Waals surface area contributed by atoms with Crippen LogP contribution in [-0.2, 0) is 22.7 Å². The first-order valence-electron chi connectivity index (χ1n) is 9.18. The number of nitrogens with two attached hydrogens (primary N) is 1. The van der Waals surface area contributed by atoms with Crippen LogP contribution < -0.4 is 16.4 Å². The predicted molar refractivity (Wildman–Crippen MR) is 102 cm³/mol. The Bertz CT molecular complexity index is 1020. The smallest absolute Gasteiger partial charge is 0.270 e. The molecule has 1 fully saturated rings. The Labute approximate surface area is 166 Å². The van der Waals surface area contributed by atoms with Gasteiger partial charge in [-0.15, -0.1) is 0 Å². The third-order valence-electron chi connectivity index (χ3n) is 5.06. The lowest BCUT2D eigenvalue weighted by Crippen LogP contribution is -2.52. The van der Waals surface area contributed by atoms with Crippen molar-refractivity contribution in [3.8, 4) is 0 Å². The van der Waals surface area contributed by atoms with E-state index in [0.717, 1.165) is 11.1 Å². The number of hydrogen-bond donors (Lipinski definition) is 3. The van der Waals surface area contributed by atoms with Crippen LogP contribution in [0.2, 0.25) is 0 Å². The van der Waals surface area contributed by atoms with Gasteiger partial charge in [0.1, 0.15) is 11.7 Å². The second-order valence-electron chi connectivity index (χ2n) is 7.05. The second-order valence-corrected chi connectivity index (χ2v) is 7.05. The van der Waals surface area contributed by atoms with E-state index in [9.17, 15) is 19.2 Å². The first kappa shape index (κ1) is 18.6. The van der Waals surface area contributed by atoms with E-state index in [1.807, 2.05) is 6.07 Å². The largest absolute Gasteiger partial charge is 0.397 e. The van der Waals surface area contributed by atoms with Crippen molar-refractivity contribution in [1.29, 1.82) is 0 Å². The van der Waals surface area contributed by atoms with Crippen LogP contribution in [0.3, 0.4) is 0 Å². The molecule has 2 aliphatic rings. The Morgan fingerprint density at radius 2 is 2.07 bits per heavy atom. The maximum atomic E-state index is 12.7. The fourth-order valence-corrected chi connectivity index (χ4v) is 3.55. The predicted octanol–water partition coefficient (Wildman–Crippen LogP) is 0.355. The molecule has 1 unspecified atom stereocenters. The van der Waals surface area contributed by atoms with Gasteiger partial charge in [-0.3, -0.25) is 24.5 Å². The summed E-state index contributed by atoms with van der Waals surface area (Å²) in [5.41, 5.74) is 8.45. The highest BCUT2D eigenvalue weighted by molar-refractivity contribution is 6.05. The summed E-state index contributed by atoms with van der Waals surface area (Å²) in [6.07, 6.45) is 1.95. The van der Waals surface area contributed by atoms with Gasteiger partial charge in [-0.25, -0.2) is 4.98 Å². The molecule has 4 rings (SSSR count). The fraction of sp³-hybridized carbons (Fsp3) is 0.250. The lowest BCUT2D eigenvalue weighted by atomic mass is 10.0. The monoisotopic (exact) mass is 393 g/mol. The number of carbonyl (C=O) groups excluding carboxylic acids is 4. The first-order chi connectivity index (χ1) is 13.9. The molecule has 0 aliphatic carbocycles. The molecule has 4 N–H and O–H groups in total. The van der Waals surface area contributed by atoms with Crippen LogP contribution in [-0.4, -0.2) is 39.6 Å². The third-order valence-corrected chi connectivity index (χ3v) is 5.06. The Kier molecular flexibility index (Phi) is 4.71. The third kappa shape index (κ3) is 3.66. The minimum atomic E-state index is -0.646. The van der Waals surface area contributed by atoms with Gasteiger partial charge in [0.2, 0.25) is 11.8 Å². The van der Waals surface area contributed by atoms with Crippen LogP contribution in [0.25, 0.3) is 0 Å². The molecule has 9 heteroatoms. The summed E-state index contributed by atoms with van der Waals surface area (Å²) >= 11 is 0. The number of amides is 4. The van der Waals surface area contributed by atoms with Gasteiger partial charge >= 0.3 is 0 Å². The van der Waals surface area contributed by atoms with Gasteiger partial charge in [0.05, 0.1) is 11.9 Å². The quantitative estimate of drug-likeness (QED) is 0.642. The number of imide groups is 1. The van der Waals surface area contributed by atoms with E-state index in [1.165, 1.54) is 11.1 Å². The molecule has 3 heterocycles. The molecular weight excluding hydrogens is 374 g/mol. The van der Waals surface area contributed by atoms with Crippen molar-refractivity contribution in [2.75, 3.05) is 5.73 Å². The molecule has 148 valence electrons. The van der Waals surface area contributed by atoms with Gasteiger partial charge < -0.3 is 16.0 Å². The van der Waals surface area contributed by atoms with E-state index in [2.05, 4.69) is 15.6 Å². The van der Waals surface area contributed by atoms with Gasteiger partial charge in [-0.2, -0.15) is 0 Å². The minimum Gasteiger partial charge on any atom is -0.397 e. The molecule has 0 bridgehead atoms. The van der Waals surface area contributed by atoms with E-state index in [1.54, 1.807) is 24.3 Å². The highest BCUT2D eigenvalue weighted by atomic mass is 16.2. The number of nitrogens with zero attached hydrogens (tertiary/aromatic N) is 2. The van der Waals surface area contributed by atoms with E-state index in [-0.39, 0.29) is 36.4 Å². The van der Waals surface area contributed by atoms with E-state index in [4.69, 9.17) is 5.73 Å². The molecule has 2 aliphatic heterocycles. The Morgan fingerprint density at radius 1 is 1.24 bits per heavy atom. The molecule has 1 aromatic carbocycles. The average Bonchev–Trinajstić information content (AvgIpc) is 3.02. The molecule has 9 nitrogen and oxygen atoms in total. The number of piperidine rings is 1. The number of fused-ring (bicyclic) bond motifs is 1. The highest BCUT2D eigenvalue weighted by Crippen LogP contribution is 2.28. The molecule has 1 aromatic heterocycles. The van der Waals surface area contributed by atoms with Crippen LogP contribution in [0.4, 0.5) is 5.69 Å². The topological polar surface area (TPSA) is 134 Å². The molecule has 0 spiro atoms. The maximum Gasteiger partial charge on any atom is 0.270 e. The van der Waals surface area contributed by atoms with E-state index >= 15 is 0 Å². The van der Waals surface area contributed by atoms with Crippen LogP contribution >= 0.6 is 0 Å². The maximum absolute atomic E-state index is 12.7. The van der Waals surface area contributed by atoms with Crippen molar-refractivity contribution in [2.45, 2.75) is 32.0 Å². The summed E-state index contributed by atoms with van der Waals surface area (Å²) < 4.78 is 0. The van der Waals surface area contributed by atoms with Crippen LogP contribution in [0.5, 0.6) is 0 Å². The summed E-state index contributed by atoms with van der Waals surface area (Å²) in [6.45, 7) is 0.562. The SMILES string of the molecule is Nc1ccc(C(=O)NCc2ccc3c(c2)CN(C2CCC(=O)NC2=O)C3=O)nc1. The summed E-state index contributed by atoms with van der Waals surface area (Å²) in [7, 11) is 0. The van der Waals surface area contributed by atoms with Crippen molar-refractivity contribution in [3.63, 3.8) is 0 Å².